The Balaban J connectivity index is 1.96. The van der Waals surface area contributed by atoms with Crippen LogP contribution in [0.15, 0.2) is 36.4 Å². The van der Waals surface area contributed by atoms with Crippen molar-refractivity contribution in [2.24, 2.45) is 0 Å². The molecule has 5 heteroatoms. The summed E-state index contributed by atoms with van der Waals surface area (Å²) in [4.78, 5) is 22.6. The molecule has 5 nitrogen and oxygen atoms in total. The van der Waals surface area contributed by atoms with Gasteiger partial charge in [-0.25, -0.2) is 0 Å². The number of nitro groups is 1. The summed E-state index contributed by atoms with van der Waals surface area (Å²) in [6, 6.07) is 8.64. The van der Waals surface area contributed by atoms with Crippen molar-refractivity contribution in [2.75, 3.05) is 6.61 Å². The predicted octanol–water partition coefficient (Wildman–Crippen LogP) is 8.11. The molecule has 0 bridgehead atoms. The molecule has 0 aliphatic rings. The smallest absolute Gasteiger partial charge is 0.306 e. The van der Waals surface area contributed by atoms with Crippen LogP contribution in [-0.4, -0.2) is 17.5 Å². The Kier molecular flexibility index (Phi) is 17.0. The quantitative estimate of drug-likeness (QED) is 0.0879. The summed E-state index contributed by atoms with van der Waals surface area (Å²) in [7, 11) is 0. The van der Waals surface area contributed by atoms with Crippen LogP contribution in [0.25, 0.3) is 5.70 Å². The Morgan fingerprint density at radius 3 is 1.75 bits per heavy atom. The van der Waals surface area contributed by atoms with Crippen LogP contribution in [0.2, 0.25) is 0 Å². The molecule has 0 unspecified atom stereocenters. The van der Waals surface area contributed by atoms with Crippen LogP contribution < -0.4 is 0 Å². The molecule has 32 heavy (non-hydrogen) atoms. The van der Waals surface area contributed by atoms with Crippen molar-refractivity contribution in [3.05, 3.63) is 52.1 Å². The molecule has 0 saturated heterocycles. The van der Waals surface area contributed by atoms with E-state index in [-0.39, 0.29) is 18.3 Å². The summed E-state index contributed by atoms with van der Waals surface area (Å²) in [6.07, 6.45) is 21.0. The molecule has 0 atom stereocenters. The van der Waals surface area contributed by atoms with Crippen molar-refractivity contribution in [1.29, 1.82) is 0 Å². The number of hydrogen-bond donors (Lipinski definition) is 0. The molecule has 0 spiro atoms. The molecule has 180 valence electrons. The highest BCUT2D eigenvalue weighted by molar-refractivity contribution is 5.69. The van der Waals surface area contributed by atoms with Gasteiger partial charge in [-0.05, 0) is 18.6 Å². The number of rotatable bonds is 20. The van der Waals surface area contributed by atoms with E-state index in [0.717, 1.165) is 19.3 Å². The number of carbonyl (C=O) groups is 1. The number of carbonyl (C=O) groups excluding carboxylic acids is 1. The third-order valence-electron chi connectivity index (χ3n) is 5.77. The highest BCUT2D eigenvalue weighted by atomic mass is 16.6. The molecule has 0 fully saturated rings. The van der Waals surface area contributed by atoms with Crippen LogP contribution in [0, 0.1) is 10.1 Å². The lowest BCUT2D eigenvalue weighted by molar-refractivity contribution is -0.375. The molecule has 1 aromatic rings. The summed E-state index contributed by atoms with van der Waals surface area (Å²) in [5.41, 5.74) is 0.473. The molecular formula is C27H43NO4. The molecule has 0 aliphatic carbocycles. The molecule has 0 N–H and O–H groups in total. The van der Waals surface area contributed by atoms with Gasteiger partial charge in [0.1, 0.15) is 6.61 Å². The SMILES string of the molecule is CCCCCCCCCCCCCCCCCC(=O)OC/C=C(/c1ccccc1)[N+](=O)[O-]. The van der Waals surface area contributed by atoms with Crippen LogP contribution in [0.4, 0.5) is 0 Å². The van der Waals surface area contributed by atoms with Crippen molar-refractivity contribution < 1.29 is 14.5 Å². The predicted molar refractivity (Wildman–Crippen MR) is 132 cm³/mol. The van der Waals surface area contributed by atoms with Gasteiger partial charge in [0, 0.05) is 12.5 Å². The molecule has 1 aromatic carbocycles. The normalized spacial score (nSPS) is 11.5. The minimum Gasteiger partial charge on any atom is -0.461 e. The number of hydrogen-bond acceptors (Lipinski definition) is 4. The van der Waals surface area contributed by atoms with E-state index in [4.69, 9.17) is 4.74 Å². The third kappa shape index (κ3) is 14.8. The minimum absolute atomic E-state index is 0.0367. The van der Waals surface area contributed by atoms with E-state index in [1.54, 1.807) is 30.3 Å². The molecule has 0 aromatic heterocycles. The van der Waals surface area contributed by atoms with Gasteiger partial charge in [0.25, 0.3) is 5.70 Å². The lowest BCUT2D eigenvalue weighted by Gasteiger charge is -2.04. The zero-order chi connectivity index (χ0) is 23.3. The van der Waals surface area contributed by atoms with Crippen LogP contribution in [0.3, 0.4) is 0 Å². The Labute approximate surface area is 194 Å². The number of nitrogens with zero attached hydrogens (tertiary/aromatic N) is 1. The van der Waals surface area contributed by atoms with E-state index in [1.807, 2.05) is 0 Å². The monoisotopic (exact) mass is 445 g/mol. The van der Waals surface area contributed by atoms with Gasteiger partial charge in [0.15, 0.2) is 0 Å². The van der Waals surface area contributed by atoms with Gasteiger partial charge >= 0.3 is 5.97 Å². The number of ether oxygens (including phenoxy) is 1. The minimum atomic E-state index is -0.447. The second-order valence-corrected chi connectivity index (χ2v) is 8.60. The Morgan fingerprint density at radius 2 is 1.28 bits per heavy atom. The van der Waals surface area contributed by atoms with Gasteiger partial charge < -0.3 is 4.74 Å². The number of esters is 1. The molecule has 0 heterocycles. The second kappa shape index (κ2) is 19.5. The van der Waals surface area contributed by atoms with Gasteiger partial charge in [-0.2, -0.15) is 0 Å². The Bertz CT molecular complexity index is 642. The molecule has 0 aliphatic heterocycles. The topological polar surface area (TPSA) is 69.4 Å². The standard InChI is InChI=1S/C27H43NO4/c1-2-3-4-5-6-7-8-9-10-11-12-13-14-15-19-22-27(29)32-24-23-26(28(30)31)25-20-17-16-18-21-25/h16-18,20-21,23H,2-15,19,22,24H2,1H3/b26-23-. The maximum absolute atomic E-state index is 11.8. The molecule has 0 amide bonds. The summed E-state index contributed by atoms with van der Waals surface area (Å²) < 4.78 is 5.14. The van der Waals surface area contributed by atoms with Crippen LogP contribution in [0.1, 0.15) is 115 Å². The van der Waals surface area contributed by atoms with Crippen molar-refractivity contribution in [1.82, 2.24) is 0 Å². The van der Waals surface area contributed by atoms with Crippen molar-refractivity contribution in [3.63, 3.8) is 0 Å². The highest BCUT2D eigenvalue weighted by Gasteiger charge is 2.13. The fourth-order valence-corrected chi connectivity index (χ4v) is 3.83. The molecule has 0 radical (unpaired) electrons. The molecule has 0 saturated carbocycles. The van der Waals surface area contributed by atoms with E-state index in [0.29, 0.717) is 12.0 Å². The maximum atomic E-state index is 11.8. The summed E-state index contributed by atoms with van der Waals surface area (Å²) >= 11 is 0. The Hall–Kier alpha value is -2.17. The van der Waals surface area contributed by atoms with Crippen LogP contribution in [-0.2, 0) is 9.53 Å². The summed E-state index contributed by atoms with van der Waals surface area (Å²) in [5.74, 6) is -0.285. The fourth-order valence-electron chi connectivity index (χ4n) is 3.83. The fraction of sp³-hybridized carbons (Fsp3) is 0.667. The third-order valence-corrected chi connectivity index (χ3v) is 5.77. The van der Waals surface area contributed by atoms with Gasteiger partial charge in [-0.1, -0.05) is 115 Å². The van der Waals surface area contributed by atoms with E-state index in [2.05, 4.69) is 6.92 Å². The van der Waals surface area contributed by atoms with E-state index in [1.165, 1.54) is 83.1 Å². The van der Waals surface area contributed by atoms with Gasteiger partial charge in [0.05, 0.1) is 10.5 Å². The van der Waals surface area contributed by atoms with Gasteiger partial charge in [-0.3, -0.25) is 14.9 Å². The van der Waals surface area contributed by atoms with Crippen molar-refractivity contribution >= 4 is 11.7 Å². The largest absolute Gasteiger partial charge is 0.461 e. The van der Waals surface area contributed by atoms with Gasteiger partial charge in [-0.15, -0.1) is 0 Å². The first kappa shape index (κ1) is 27.9. The Morgan fingerprint density at radius 1 is 0.812 bits per heavy atom. The maximum Gasteiger partial charge on any atom is 0.306 e. The van der Waals surface area contributed by atoms with E-state index < -0.39 is 4.92 Å². The molecular weight excluding hydrogens is 402 g/mol. The van der Waals surface area contributed by atoms with Crippen molar-refractivity contribution in [2.45, 2.75) is 110 Å². The number of benzene rings is 1. The first-order valence-corrected chi connectivity index (χ1v) is 12.7. The lowest BCUT2D eigenvalue weighted by Crippen LogP contribution is -2.06. The summed E-state index contributed by atoms with van der Waals surface area (Å²) in [6.45, 7) is 2.20. The van der Waals surface area contributed by atoms with Crippen molar-refractivity contribution in [3.8, 4) is 0 Å². The molecule has 1 rings (SSSR count). The second-order valence-electron chi connectivity index (χ2n) is 8.60. The average molecular weight is 446 g/mol. The van der Waals surface area contributed by atoms with Gasteiger partial charge in [0.2, 0.25) is 0 Å². The van der Waals surface area contributed by atoms with Crippen LogP contribution >= 0.6 is 0 Å². The zero-order valence-corrected chi connectivity index (χ0v) is 20.1. The average Bonchev–Trinajstić information content (AvgIpc) is 2.79. The zero-order valence-electron chi connectivity index (χ0n) is 20.1. The van der Waals surface area contributed by atoms with Crippen LogP contribution in [0.5, 0.6) is 0 Å². The lowest BCUT2D eigenvalue weighted by atomic mass is 10.0. The first-order valence-electron chi connectivity index (χ1n) is 12.7. The summed E-state index contributed by atoms with van der Waals surface area (Å²) in [5, 5.41) is 11.2. The van der Waals surface area contributed by atoms with E-state index >= 15 is 0 Å². The van der Waals surface area contributed by atoms with E-state index in [9.17, 15) is 14.9 Å². The first-order chi connectivity index (χ1) is 15.6. The highest BCUT2D eigenvalue weighted by Crippen LogP contribution is 2.15. The number of unbranched alkanes of at least 4 members (excludes halogenated alkanes) is 14.